The quantitative estimate of drug-likeness (QED) is 0.271. The summed E-state index contributed by atoms with van der Waals surface area (Å²) < 4.78 is 21.5. The van der Waals surface area contributed by atoms with Crippen molar-refractivity contribution < 1.29 is 39.1 Å². The highest BCUT2D eigenvalue weighted by molar-refractivity contribution is 5.67. The zero-order valence-corrected chi connectivity index (χ0v) is 22.8. The van der Waals surface area contributed by atoms with E-state index in [9.17, 15) is 15.0 Å². The fraction of sp³-hybridized carbons (Fsp3) is 0.767. The van der Waals surface area contributed by atoms with Crippen molar-refractivity contribution in [3.8, 4) is 5.75 Å². The monoisotopic (exact) mass is 534 g/mol. The van der Waals surface area contributed by atoms with E-state index in [0.29, 0.717) is 62.5 Å². The predicted octanol–water partition coefficient (Wildman–Crippen LogP) is 4.16. The second-order valence-electron chi connectivity index (χ2n) is 11.6. The lowest BCUT2D eigenvalue weighted by Gasteiger charge is -2.53. The number of ether oxygens (including phenoxy) is 4. The number of benzene rings is 1. The van der Waals surface area contributed by atoms with Crippen LogP contribution in [0.25, 0.3) is 0 Å². The molecule has 0 radical (unpaired) electrons. The second-order valence-corrected chi connectivity index (χ2v) is 11.6. The number of phenolic OH excluding ortho intramolecular Hbond substituents is 1. The van der Waals surface area contributed by atoms with E-state index in [1.54, 1.807) is 0 Å². The van der Waals surface area contributed by atoms with Crippen LogP contribution in [0.3, 0.4) is 0 Å². The van der Waals surface area contributed by atoms with E-state index < -0.39 is 5.97 Å². The molecule has 6 atom stereocenters. The summed E-state index contributed by atoms with van der Waals surface area (Å²) in [6.45, 7) is 5.34. The summed E-state index contributed by atoms with van der Waals surface area (Å²) in [5.41, 5.74) is 2.81. The number of fused-ring (bicyclic) bond motifs is 5. The van der Waals surface area contributed by atoms with Gasteiger partial charge in [0.2, 0.25) is 0 Å². The molecule has 214 valence electrons. The predicted molar refractivity (Wildman–Crippen MR) is 142 cm³/mol. The molecule has 2 saturated carbocycles. The van der Waals surface area contributed by atoms with Gasteiger partial charge in [0.1, 0.15) is 12.4 Å². The topological polar surface area (TPSA) is 115 Å². The summed E-state index contributed by atoms with van der Waals surface area (Å²) in [5.74, 6) is 1.71. The molecule has 1 aromatic carbocycles. The van der Waals surface area contributed by atoms with Crippen LogP contribution in [0, 0.1) is 23.2 Å². The van der Waals surface area contributed by atoms with Crippen LogP contribution in [-0.2, 0) is 30.2 Å². The highest BCUT2D eigenvalue weighted by Crippen LogP contribution is 2.62. The van der Waals surface area contributed by atoms with Crippen LogP contribution in [0.2, 0.25) is 0 Å². The number of aliphatic hydroxyl groups is 1. The first kappa shape index (κ1) is 29.3. The summed E-state index contributed by atoms with van der Waals surface area (Å²) in [4.78, 5) is 10.3. The van der Waals surface area contributed by atoms with Crippen molar-refractivity contribution in [3.05, 3.63) is 29.3 Å². The van der Waals surface area contributed by atoms with E-state index in [0.717, 1.165) is 58.0 Å². The largest absolute Gasteiger partial charge is 0.508 e. The van der Waals surface area contributed by atoms with Crippen LogP contribution in [-0.4, -0.2) is 80.2 Å². The Labute approximate surface area is 226 Å². The Bertz CT molecular complexity index is 891. The molecule has 8 heteroatoms. The summed E-state index contributed by atoms with van der Waals surface area (Å²) in [5, 5.41) is 29.4. The van der Waals surface area contributed by atoms with Crippen molar-refractivity contribution in [3.63, 3.8) is 0 Å². The van der Waals surface area contributed by atoms with Gasteiger partial charge in [-0.15, -0.1) is 0 Å². The standard InChI is InChI=1S/C30H46O8/c1-30-10-9-25-24-6-5-23(31)19-22(24)18-21(29(25)26(30)7-8-27(30)32)4-2-3-11-35-12-13-36-14-15-37-16-17-38-20-28(33)34/h5-6,19,21,25-27,29,31-32H,2-4,7-18,20H2,1H3,(H,33,34)/t21?,25?,26-,27-,29?,30?/m0/s1. The third-order valence-electron chi connectivity index (χ3n) is 9.29. The lowest BCUT2D eigenvalue weighted by atomic mass is 9.52. The number of aliphatic hydroxyl groups excluding tert-OH is 1. The summed E-state index contributed by atoms with van der Waals surface area (Å²) in [6.07, 6.45) is 8.44. The smallest absolute Gasteiger partial charge is 0.329 e. The summed E-state index contributed by atoms with van der Waals surface area (Å²) in [7, 11) is 0. The first-order chi connectivity index (χ1) is 18.4. The minimum Gasteiger partial charge on any atom is -0.508 e. The molecule has 3 N–H and O–H groups in total. The molecule has 0 heterocycles. The van der Waals surface area contributed by atoms with Crippen LogP contribution in [0.5, 0.6) is 5.75 Å². The zero-order valence-electron chi connectivity index (χ0n) is 22.8. The van der Waals surface area contributed by atoms with Gasteiger partial charge in [0.05, 0.1) is 45.7 Å². The average molecular weight is 535 g/mol. The number of carboxylic acids is 1. The average Bonchev–Trinajstić information content (AvgIpc) is 3.19. The molecule has 0 amide bonds. The van der Waals surface area contributed by atoms with Crippen molar-refractivity contribution in [2.45, 2.75) is 70.3 Å². The van der Waals surface area contributed by atoms with Crippen molar-refractivity contribution >= 4 is 5.97 Å². The zero-order chi connectivity index (χ0) is 27.0. The Balaban J connectivity index is 1.14. The van der Waals surface area contributed by atoms with E-state index in [4.69, 9.17) is 24.1 Å². The van der Waals surface area contributed by atoms with E-state index in [1.165, 1.54) is 11.1 Å². The van der Waals surface area contributed by atoms with Gasteiger partial charge in [0, 0.05) is 6.61 Å². The number of rotatable bonds is 16. The lowest BCUT2D eigenvalue weighted by molar-refractivity contribution is -0.142. The maximum atomic E-state index is 10.8. The van der Waals surface area contributed by atoms with E-state index in [1.807, 2.05) is 12.1 Å². The van der Waals surface area contributed by atoms with Crippen molar-refractivity contribution in [2.75, 3.05) is 52.9 Å². The summed E-state index contributed by atoms with van der Waals surface area (Å²) in [6, 6.07) is 5.99. The molecule has 0 aliphatic heterocycles. The van der Waals surface area contributed by atoms with Gasteiger partial charge in [-0.3, -0.25) is 0 Å². The molecule has 8 nitrogen and oxygen atoms in total. The normalized spacial score (nSPS) is 30.0. The molecule has 0 bridgehead atoms. The van der Waals surface area contributed by atoms with E-state index in [-0.39, 0.29) is 24.7 Å². The van der Waals surface area contributed by atoms with Gasteiger partial charge in [-0.25, -0.2) is 4.79 Å². The third-order valence-corrected chi connectivity index (χ3v) is 9.29. The second kappa shape index (κ2) is 14.1. The van der Waals surface area contributed by atoms with Gasteiger partial charge in [-0.1, -0.05) is 19.4 Å². The Kier molecular flexibility index (Phi) is 10.8. The number of carbonyl (C=O) groups is 1. The Morgan fingerprint density at radius 2 is 1.63 bits per heavy atom. The Morgan fingerprint density at radius 1 is 0.947 bits per heavy atom. The van der Waals surface area contributed by atoms with Gasteiger partial charge < -0.3 is 34.3 Å². The fourth-order valence-electron chi connectivity index (χ4n) is 7.46. The van der Waals surface area contributed by atoms with Crippen LogP contribution in [0.1, 0.15) is 68.9 Å². The van der Waals surface area contributed by atoms with Gasteiger partial charge in [-0.05, 0) is 97.3 Å². The minimum absolute atomic E-state index is 0.0517. The van der Waals surface area contributed by atoms with Gasteiger partial charge >= 0.3 is 5.97 Å². The number of hydrogen-bond acceptors (Lipinski definition) is 7. The number of hydrogen-bond donors (Lipinski definition) is 3. The minimum atomic E-state index is -0.982. The first-order valence-corrected chi connectivity index (χ1v) is 14.4. The Hall–Kier alpha value is -1.71. The van der Waals surface area contributed by atoms with Gasteiger partial charge in [0.15, 0.2) is 0 Å². The molecule has 3 aliphatic carbocycles. The highest BCUT2D eigenvalue weighted by Gasteiger charge is 2.56. The number of unbranched alkanes of at least 4 members (excludes halogenated alkanes) is 1. The first-order valence-electron chi connectivity index (χ1n) is 14.4. The molecule has 1 aromatic rings. The maximum absolute atomic E-state index is 10.8. The molecule has 3 aliphatic rings. The van der Waals surface area contributed by atoms with Crippen LogP contribution in [0.15, 0.2) is 18.2 Å². The highest BCUT2D eigenvalue weighted by atomic mass is 16.6. The van der Waals surface area contributed by atoms with E-state index >= 15 is 0 Å². The van der Waals surface area contributed by atoms with Crippen LogP contribution in [0.4, 0.5) is 0 Å². The van der Waals surface area contributed by atoms with Crippen molar-refractivity contribution in [2.24, 2.45) is 23.2 Å². The molecule has 2 fully saturated rings. The van der Waals surface area contributed by atoms with Crippen LogP contribution < -0.4 is 0 Å². The number of aromatic hydroxyl groups is 1. The van der Waals surface area contributed by atoms with Crippen molar-refractivity contribution in [1.29, 1.82) is 0 Å². The van der Waals surface area contributed by atoms with Gasteiger partial charge in [-0.2, -0.15) is 0 Å². The molecule has 0 aromatic heterocycles. The summed E-state index contributed by atoms with van der Waals surface area (Å²) >= 11 is 0. The molecule has 0 spiro atoms. The molecular formula is C30H46O8. The SMILES string of the molecule is CC12CCC3c4ccc(O)cc4CC(CCCCOCCOCCOCCOCC(=O)O)C3[C@@H]1CC[C@@H]2O. The van der Waals surface area contributed by atoms with Gasteiger partial charge in [0.25, 0.3) is 0 Å². The molecule has 4 rings (SSSR count). The molecule has 38 heavy (non-hydrogen) atoms. The molecular weight excluding hydrogens is 488 g/mol. The molecule has 4 unspecified atom stereocenters. The number of aliphatic carboxylic acids is 1. The Morgan fingerprint density at radius 3 is 2.34 bits per heavy atom. The fourth-order valence-corrected chi connectivity index (χ4v) is 7.46. The van der Waals surface area contributed by atoms with E-state index in [2.05, 4.69) is 13.0 Å². The van der Waals surface area contributed by atoms with Crippen LogP contribution >= 0.6 is 0 Å². The molecule has 0 saturated heterocycles. The number of phenols is 1. The lowest BCUT2D eigenvalue weighted by Crippen LogP contribution is -2.47. The van der Waals surface area contributed by atoms with Crippen molar-refractivity contribution in [1.82, 2.24) is 0 Å². The number of carboxylic acid groups (broad SMARTS) is 1. The third kappa shape index (κ3) is 7.27. The maximum Gasteiger partial charge on any atom is 0.329 e.